The lowest BCUT2D eigenvalue weighted by Crippen LogP contribution is -2.37. The van der Waals surface area contributed by atoms with Gasteiger partial charge >= 0.3 is 0 Å². The monoisotopic (exact) mass is 272 g/mol. The molecule has 1 amide bonds. The van der Waals surface area contributed by atoms with Gasteiger partial charge in [-0.25, -0.2) is 4.99 Å². The van der Waals surface area contributed by atoms with Crippen LogP contribution in [0.15, 0.2) is 51.3 Å². The number of amidine groups is 1. The lowest BCUT2D eigenvalue weighted by Gasteiger charge is -2.17. The molecule has 0 bridgehead atoms. The van der Waals surface area contributed by atoms with E-state index in [1.54, 1.807) is 0 Å². The first kappa shape index (κ1) is 12.1. The second-order valence-corrected chi connectivity index (χ2v) is 5.32. The molecule has 96 valence electrons. The zero-order valence-electron chi connectivity index (χ0n) is 10.3. The molecule has 19 heavy (non-hydrogen) atoms. The fraction of sp³-hybridized carbons (Fsp3) is 0.231. The molecule has 2 aliphatic rings. The standard InChI is InChI=1S/C13H12N4OS/c1-8-2-4-9(5-3-8)7-19-13-15-11-10(6-14-17-11)12(18)16-13/h2-6,11H,7H2,1H3,(H,15,16,18). The minimum atomic E-state index is -0.450. The van der Waals surface area contributed by atoms with Gasteiger partial charge in [-0.15, -0.1) is 0 Å². The Kier molecular flexibility index (Phi) is 3.16. The van der Waals surface area contributed by atoms with Crippen molar-refractivity contribution in [2.75, 3.05) is 0 Å². The summed E-state index contributed by atoms with van der Waals surface area (Å²) in [4.78, 5) is 16.1. The fourth-order valence-corrected chi connectivity index (χ4v) is 2.62. The topological polar surface area (TPSA) is 66.2 Å². The second-order valence-electron chi connectivity index (χ2n) is 4.35. The van der Waals surface area contributed by atoms with E-state index < -0.39 is 6.17 Å². The maximum Gasteiger partial charge on any atom is 0.258 e. The molecule has 3 rings (SSSR count). The van der Waals surface area contributed by atoms with E-state index in [0.717, 1.165) is 5.75 Å². The highest BCUT2D eigenvalue weighted by atomic mass is 32.2. The number of thioether (sulfide) groups is 1. The summed E-state index contributed by atoms with van der Waals surface area (Å²) in [5.41, 5.74) is 2.94. The Morgan fingerprint density at radius 1 is 1.32 bits per heavy atom. The molecule has 6 heteroatoms. The van der Waals surface area contributed by atoms with Crippen molar-refractivity contribution < 1.29 is 4.79 Å². The number of amides is 1. The summed E-state index contributed by atoms with van der Waals surface area (Å²) in [5.74, 6) is 0.610. The van der Waals surface area contributed by atoms with E-state index >= 15 is 0 Å². The third-order valence-corrected chi connectivity index (χ3v) is 3.83. The highest BCUT2D eigenvalue weighted by molar-refractivity contribution is 8.13. The predicted molar refractivity (Wildman–Crippen MR) is 74.8 cm³/mol. The maximum absolute atomic E-state index is 11.7. The van der Waals surface area contributed by atoms with Crippen LogP contribution in [0.1, 0.15) is 11.1 Å². The van der Waals surface area contributed by atoms with Gasteiger partial charge in [0, 0.05) is 5.75 Å². The number of nitrogens with one attached hydrogen (secondary N) is 1. The first-order chi connectivity index (χ1) is 9.22. The molecule has 0 fully saturated rings. The molecule has 2 heterocycles. The molecule has 0 saturated carbocycles. The van der Waals surface area contributed by atoms with Gasteiger partial charge in [-0.3, -0.25) is 4.79 Å². The lowest BCUT2D eigenvalue weighted by molar-refractivity contribution is -0.116. The van der Waals surface area contributed by atoms with Crippen LogP contribution in [0.4, 0.5) is 0 Å². The van der Waals surface area contributed by atoms with Crippen LogP contribution in [-0.2, 0) is 10.5 Å². The van der Waals surface area contributed by atoms with Gasteiger partial charge < -0.3 is 5.32 Å². The summed E-state index contributed by atoms with van der Waals surface area (Å²) in [7, 11) is 0. The zero-order chi connectivity index (χ0) is 13.2. The number of rotatable bonds is 2. The predicted octanol–water partition coefficient (Wildman–Crippen LogP) is 2.39. The first-order valence-corrected chi connectivity index (χ1v) is 6.88. The Balaban J connectivity index is 1.67. The molecular weight excluding hydrogens is 260 g/mol. The Labute approximate surface area is 114 Å². The number of aliphatic imine (C=N–C) groups is 1. The number of hydrogen-bond donors (Lipinski definition) is 1. The van der Waals surface area contributed by atoms with Crippen LogP contribution < -0.4 is 5.32 Å². The van der Waals surface area contributed by atoms with Crippen molar-refractivity contribution in [1.29, 1.82) is 0 Å². The summed E-state index contributed by atoms with van der Waals surface area (Å²) in [5, 5.41) is 11.0. The smallest absolute Gasteiger partial charge is 0.258 e. The highest BCUT2D eigenvalue weighted by Crippen LogP contribution is 2.23. The van der Waals surface area contributed by atoms with Gasteiger partial charge in [0.2, 0.25) is 0 Å². The van der Waals surface area contributed by atoms with Crippen molar-refractivity contribution in [3.8, 4) is 0 Å². The van der Waals surface area contributed by atoms with E-state index in [-0.39, 0.29) is 5.91 Å². The van der Waals surface area contributed by atoms with E-state index in [4.69, 9.17) is 0 Å². The van der Waals surface area contributed by atoms with Crippen molar-refractivity contribution >= 4 is 22.8 Å². The molecule has 1 atom stereocenters. The van der Waals surface area contributed by atoms with Crippen LogP contribution >= 0.6 is 11.8 Å². The SMILES string of the molecule is Cc1ccc(CSC2=NC3N=NC=C3C(=O)N2)cc1. The number of fused-ring (bicyclic) bond motifs is 1. The minimum absolute atomic E-state index is 0.156. The molecule has 0 saturated heterocycles. The van der Waals surface area contributed by atoms with E-state index in [1.807, 2.05) is 0 Å². The van der Waals surface area contributed by atoms with Crippen LogP contribution in [0.25, 0.3) is 0 Å². The summed E-state index contributed by atoms with van der Waals surface area (Å²) < 4.78 is 0. The van der Waals surface area contributed by atoms with Crippen LogP contribution in [0.5, 0.6) is 0 Å². The molecule has 0 aliphatic carbocycles. The molecule has 1 aromatic rings. The van der Waals surface area contributed by atoms with Crippen molar-refractivity contribution in [3.63, 3.8) is 0 Å². The van der Waals surface area contributed by atoms with Crippen LogP contribution in [0, 0.1) is 6.92 Å². The Hall–Kier alpha value is -1.95. The van der Waals surface area contributed by atoms with Crippen LogP contribution in [0.2, 0.25) is 0 Å². The first-order valence-electron chi connectivity index (χ1n) is 5.90. The van der Waals surface area contributed by atoms with Crippen molar-refractivity contribution in [2.24, 2.45) is 15.2 Å². The number of hydrogen-bond acceptors (Lipinski definition) is 5. The molecule has 0 radical (unpaired) electrons. The van der Waals surface area contributed by atoms with Gasteiger partial charge in [0.25, 0.3) is 5.91 Å². The molecule has 2 aliphatic heterocycles. The average molecular weight is 272 g/mol. The van der Waals surface area contributed by atoms with Gasteiger partial charge in [-0.05, 0) is 12.5 Å². The van der Waals surface area contributed by atoms with E-state index in [1.165, 1.54) is 29.1 Å². The van der Waals surface area contributed by atoms with Gasteiger partial charge in [0.15, 0.2) is 11.3 Å². The minimum Gasteiger partial charge on any atom is -0.301 e. The van der Waals surface area contributed by atoms with Gasteiger partial charge in [-0.1, -0.05) is 41.6 Å². The molecular formula is C13H12N4OS. The number of nitrogens with zero attached hydrogens (tertiary/aromatic N) is 3. The molecule has 0 spiro atoms. The zero-order valence-corrected chi connectivity index (χ0v) is 11.1. The summed E-state index contributed by atoms with van der Waals surface area (Å²) in [6, 6.07) is 8.30. The number of aryl methyl sites for hydroxylation is 1. The lowest BCUT2D eigenvalue weighted by atomic mass is 10.2. The van der Waals surface area contributed by atoms with E-state index in [2.05, 4.69) is 51.7 Å². The third-order valence-electron chi connectivity index (χ3n) is 2.87. The van der Waals surface area contributed by atoms with Crippen LogP contribution in [0.3, 0.4) is 0 Å². The molecule has 5 nitrogen and oxygen atoms in total. The van der Waals surface area contributed by atoms with Crippen LogP contribution in [-0.4, -0.2) is 17.2 Å². The normalized spacial score (nSPS) is 20.7. The van der Waals surface area contributed by atoms with E-state index in [9.17, 15) is 4.79 Å². The summed E-state index contributed by atoms with van der Waals surface area (Å²) in [6.45, 7) is 2.06. The Morgan fingerprint density at radius 2 is 2.11 bits per heavy atom. The van der Waals surface area contributed by atoms with Gasteiger partial charge in [0.05, 0.1) is 11.8 Å². The maximum atomic E-state index is 11.7. The van der Waals surface area contributed by atoms with Crippen molar-refractivity contribution in [2.45, 2.75) is 18.8 Å². The van der Waals surface area contributed by atoms with Gasteiger partial charge in [-0.2, -0.15) is 10.2 Å². The van der Waals surface area contributed by atoms with Crippen molar-refractivity contribution in [3.05, 3.63) is 47.2 Å². The summed E-state index contributed by atoms with van der Waals surface area (Å²) in [6.07, 6.45) is 1.01. The molecule has 0 aromatic heterocycles. The van der Waals surface area contributed by atoms with Crippen molar-refractivity contribution in [1.82, 2.24) is 5.32 Å². The molecule has 1 N–H and O–H groups in total. The molecule has 1 unspecified atom stereocenters. The van der Waals surface area contributed by atoms with Gasteiger partial charge in [0.1, 0.15) is 0 Å². The fourth-order valence-electron chi connectivity index (χ4n) is 1.78. The number of carbonyl (C=O) groups excluding carboxylic acids is 1. The quantitative estimate of drug-likeness (QED) is 0.898. The molecule has 1 aromatic carbocycles. The highest BCUT2D eigenvalue weighted by Gasteiger charge is 2.29. The summed E-state index contributed by atoms with van der Waals surface area (Å²) >= 11 is 1.50. The largest absolute Gasteiger partial charge is 0.301 e. The second kappa shape index (κ2) is 4.97. The third kappa shape index (κ3) is 2.58. The number of benzene rings is 1. The Morgan fingerprint density at radius 3 is 2.89 bits per heavy atom. The number of azo groups is 1. The van der Waals surface area contributed by atoms with E-state index in [0.29, 0.717) is 10.7 Å². The number of carbonyl (C=O) groups is 1. The Bertz CT molecular complexity index is 604. The average Bonchev–Trinajstić information content (AvgIpc) is 2.87.